The molecule has 0 aromatic carbocycles. The van der Waals surface area contributed by atoms with Gasteiger partial charge in [-0.25, -0.2) is 9.78 Å². The minimum Gasteiger partial charge on any atom is -0.477 e. The summed E-state index contributed by atoms with van der Waals surface area (Å²) in [6, 6.07) is 3.23. The van der Waals surface area contributed by atoms with Crippen LogP contribution in [0.5, 0.6) is 0 Å². The van der Waals surface area contributed by atoms with E-state index in [1.165, 1.54) is 0 Å². The lowest BCUT2D eigenvalue weighted by Gasteiger charge is -2.02. The van der Waals surface area contributed by atoms with Crippen LogP contribution in [0, 0.1) is 13.8 Å². The van der Waals surface area contributed by atoms with E-state index in [4.69, 9.17) is 9.52 Å². The summed E-state index contributed by atoms with van der Waals surface area (Å²) in [5.41, 5.74) is 1.06. The minimum atomic E-state index is -0.954. The molecule has 0 atom stereocenters. The van der Waals surface area contributed by atoms with Gasteiger partial charge in [0.15, 0.2) is 0 Å². The molecule has 2 aromatic rings. The van der Waals surface area contributed by atoms with Crippen molar-refractivity contribution in [2.45, 2.75) is 20.4 Å². The summed E-state index contributed by atoms with van der Waals surface area (Å²) >= 11 is 0. The molecule has 2 aromatic heterocycles. The van der Waals surface area contributed by atoms with Crippen molar-refractivity contribution in [3.63, 3.8) is 0 Å². The first-order valence-electron chi connectivity index (χ1n) is 4.89. The lowest BCUT2D eigenvalue weighted by molar-refractivity contribution is 0.0685. The van der Waals surface area contributed by atoms with E-state index in [0.717, 1.165) is 11.5 Å². The van der Waals surface area contributed by atoms with Crippen LogP contribution in [-0.4, -0.2) is 20.6 Å². The average Bonchev–Trinajstić information content (AvgIpc) is 2.75. The first-order valence-corrected chi connectivity index (χ1v) is 4.89. The van der Waals surface area contributed by atoms with Crippen LogP contribution < -0.4 is 0 Å². The summed E-state index contributed by atoms with van der Waals surface area (Å²) < 4.78 is 6.99. The predicted molar refractivity (Wildman–Crippen MR) is 56.5 cm³/mol. The Labute approximate surface area is 92.3 Å². The Morgan fingerprint density at radius 1 is 1.56 bits per heavy atom. The highest BCUT2D eigenvalue weighted by Crippen LogP contribution is 2.11. The molecular formula is C11H12N2O3. The molecule has 5 nitrogen and oxygen atoms in total. The predicted octanol–water partition coefficient (Wildman–Crippen LogP) is 1.84. The van der Waals surface area contributed by atoms with E-state index in [9.17, 15) is 4.79 Å². The van der Waals surface area contributed by atoms with E-state index in [1.807, 2.05) is 13.8 Å². The first-order chi connectivity index (χ1) is 7.58. The third-order valence-corrected chi connectivity index (χ3v) is 2.43. The molecule has 0 fully saturated rings. The van der Waals surface area contributed by atoms with Gasteiger partial charge >= 0.3 is 5.97 Å². The molecule has 0 saturated heterocycles. The van der Waals surface area contributed by atoms with Crippen molar-refractivity contribution in [2.75, 3.05) is 0 Å². The molecule has 2 heterocycles. The number of oxazole rings is 1. The van der Waals surface area contributed by atoms with Gasteiger partial charge in [-0.05, 0) is 26.0 Å². The molecule has 0 radical (unpaired) electrons. The lowest BCUT2D eigenvalue weighted by atomic mass is 10.4. The summed E-state index contributed by atoms with van der Waals surface area (Å²) in [5, 5.41) is 8.92. The molecule has 0 saturated carbocycles. The summed E-state index contributed by atoms with van der Waals surface area (Å²) in [7, 11) is 0. The van der Waals surface area contributed by atoms with Gasteiger partial charge < -0.3 is 14.1 Å². The molecule has 0 amide bonds. The van der Waals surface area contributed by atoms with Gasteiger partial charge in [-0.15, -0.1) is 0 Å². The largest absolute Gasteiger partial charge is 0.477 e. The summed E-state index contributed by atoms with van der Waals surface area (Å²) in [6.07, 6.45) is 1.69. The highest BCUT2D eigenvalue weighted by atomic mass is 16.4. The van der Waals surface area contributed by atoms with Crippen LogP contribution in [0.25, 0.3) is 0 Å². The van der Waals surface area contributed by atoms with Crippen molar-refractivity contribution in [3.05, 3.63) is 41.4 Å². The molecule has 84 valence electrons. The van der Waals surface area contributed by atoms with Gasteiger partial charge in [-0.3, -0.25) is 0 Å². The van der Waals surface area contributed by atoms with Crippen molar-refractivity contribution in [1.82, 2.24) is 9.55 Å². The minimum absolute atomic E-state index is 0.230. The van der Waals surface area contributed by atoms with Crippen molar-refractivity contribution in [2.24, 2.45) is 0 Å². The molecule has 2 rings (SSSR count). The van der Waals surface area contributed by atoms with E-state index in [2.05, 4.69) is 4.98 Å². The Balaban J connectivity index is 2.27. The Hall–Kier alpha value is -2.04. The third-order valence-electron chi connectivity index (χ3n) is 2.43. The van der Waals surface area contributed by atoms with Crippen LogP contribution in [0.4, 0.5) is 0 Å². The molecule has 0 bridgehead atoms. The van der Waals surface area contributed by atoms with Crippen LogP contribution in [0.1, 0.15) is 27.8 Å². The zero-order chi connectivity index (χ0) is 11.7. The van der Waals surface area contributed by atoms with Crippen molar-refractivity contribution >= 4 is 5.97 Å². The van der Waals surface area contributed by atoms with E-state index >= 15 is 0 Å². The number of carbonyl (C=O) groups is 1. The molecule has 0 aliphatic heterocycles. The fourth-order valence-corrected chi connectivity index (χ4v) is 1.50. The zero-order valence-electron chi connectivity index (χ0n) is 9.10. The Morgan fingerprint density at radius 2 is 2.31 bits per heavy atom. The molecular weight excluding hydrogens is 208 g/mol. The second kappa shape index (κ2) is 3.84. The van der Waals surface area contributed by atoms with Crippen molar-refractivity contribution < 1.29 is 14.3 Å². The van der Waals surface area contributed by atoms with Crippen LogP contribution >= 0.6 is 0 Å². The number of aryl methyl sites for hydroxylation is 2. The van der Waals surface area contributed by atoms with Crippen LogP contribution in [0.15, 0.2) is 22.7 Å². The van der Waals surface area contributed by atoms with Gasteiger partial charge in [0.2, 0.25) is 5.89 Å². The molecule has 1 N–H and O–H groups in total. The second-order valence-corrected chi connectivity index (χ2v) is 3.58. The number of nitrogens with zero attached hydrogens (tertiary/aromatic N) is 2. The average molecular weight is 220 g/mol. The van der Waals surface area contributed by atoms with Crippen molar-refractivity contribution in [1.29, 1.82) is 0 Å². The topological polar surface area (TPSA) is 68.3 Å². The maximum absolute atomic E-state index is 10.9. The lowest BCUT2D eigenvalue weighted by Crippen LogP contribution is -2.08. The molecule has 0 aliphatic carbocycles. The van der Waals surface area contributed by atoms with Crippen LogP contribution in [0.3, 0.4) is 0 Å². The fraction of sp³-hybridized carbons (Fsp3) is 0.273. The van der Waals surface area contributed by atoms with E-state index < -0.39 is 5.97 Å². The van der Waals surface area contributed by atoms with E-state index in [0.29, 0.717) is 12.4 Å². The normalized spacial score (nSPS) is 10.6. The number of aromatic nitrogens is 2. The highest BCUT2D eigenvalue weighted by Gasteiger charge is 2.12. The number of rotatable bonds is 3. The highest BCUT2D eigenvalue weighted by molar-refractivity contribution is 5.85. The fourth-order valence-electron chi connectivity index (χ4n) is 1.50. The maximum Gasteiger partial charge on any atom is 0.352 e. The van der Waals surface area contributed by atoms with Gasteiger partial charge in [0.25, 0.3) is 0 Å². The maximum atomic E-state index is 10.9. The number of hydrogen-bond donors (Lipinski definition) is 1. The van der Waals surface area contributed by atoms with Crippen LogP contribution in [0.2, 0.25) is 0 Å². The van der Waals surface area contributed by atoms with Gasteiger partial charge in [0.05, 0.1) is 12.2 Å². The SMILES string of the molecule is Cc1nc(Cn2cccc2C(=O)O)oc1C. The summed E-state index contributed by atoms with van der Waals surface area (Å²) in [5.74, 6) is 0.331. The van der Waals surface area contributed by atoms with Crippen LogP contribution in [-0.2, 0) is 6.54 Å². The quantitative estimate of drug-likeness (QED) is 0.856. The van der Waals surface area contributed by atoms with Gasteiger partial charge in [-0.2, -0.15) is 0 Å². The van der Waals surface area contributed by atoms with Gasteiger partial charge in [-0.1, -0.05) is 0 Å². The number of carboxylic acids is 1. The second-order valence-electron chi connectivity index (χ2n) is 3.58. The van der Waals surface area contributed by atoms with E-state index in [-0.39, 0.29) is 5.69 Å². The monoisotopic (exact) mass is 220 g/mol. The molecule has 0 aliphatic rings. The third kappa shape index (κ3) is 1.84. The smallest absolute Gasteiger partial charge is 0.352 e. The molecule has 0 unspecified atom stereocenters. The molecule has 16 heavy (non-hydrogen) atoms. The Morgan fingerprint density at radius 3 is 2.88 bits per heavy atom. The molecule has 0 spiro atoms. The van der Waals surface area contributed by atoms with Gasteiger partial charge in [0.1, 0.15) is 11.5 Å². The summed E-state index contributed by atoms with van der Waals surface area (Å²) in [4.78, 5) is 15.1. The number of aromatic carboxylic acids is 1. The first kappa shape index (κ1) is 10.5. The number of carboxylic acid groups (broad SMARTS) is 1. The zero-order valence-corrected chi connectivity index (χ0v) is 9.10. The standard InChI is InChI=1S/C11H12N2O3/c1-7-8(2)16-10(12-7)6-13-5-3-4-9(13)11(14)15/h3-5H,6H2,1-2H3,(H,14,15). The Kier molecular flexibility index (Phi) is 2.52. The molecule has 5 heteroatoms. The number of hydrogen-bond acceptors (Lipinski definition) is 3. The Bertz CT molecular complexity index is 506. The summed E-state index contributed by atoms with van der Waals surface area (Å²) in [6.45, 7) is 4.03. The van der Waals surface area contributed by atoms with Gasteiger partial charge in [0, 0.05) is 6.20 Å². The van der Waals surface area contributed by atoms with E-state index in [1.54, 1.807) is 22.9 Å². The van der Waals surface area contributed by atoms with Crippen molar-refractivity contribution in [3.8, 4) is 0 Å².